The molecule has 0 saturated carbocycles. The molecule has 3 aromatic carbocycles. The summed E-state index contributed by atoms with van der Waals surface area (Å²) in [5.41, 5.74) is -0.426. The van der Waals surface area contributed by atoms with Crippen molar-refractivity contribution in [1.29, 1.82) is 0 Å². The Morgan fingerprint density at radius 2 is 1.63 bits per heavy atom. The highest BCUT2D eigenvalue weighted by molar-refractivity contribution is 7.92. The summed E-state index contributed by atoms with van der Waals surface area (Å²) in [5, 5.41) is 2.04. The molecule has 0 radical (unpaired) electrons. The molecule has 1 amide bonds. The fraction of sp³-hybridized carbons (Fsp3) is 0.0952. The average Bonchev–Trinajstić information content (AvgIpc) is 2.72. The maximum absolute atomic E-state index is 13.8. The van der Waals surface area contributed by atoms with Crippen molar-refractivity contribution in [1.82, 2.24) is 0 Å². The van der Waals surface area contributed by atoms with Gasteiger partial charge in [0.15, 0.2) is 0 Å². The number of para-hydroxylation sites is 2. The molecule has 3 aromatic rings. The number of nitrogens with zero attached hydrogens (tertiary/aromatic N) is 1. The van der Waals surface area contributed by atoms with Crippen LogP contribution in [0.4, 0.5) is 20.2 Å². The number of rotatable bonds is 6. The Morgan fingerprint density at radius 3 is 2.23 bits per heavy atom. The summed E-state index contributed by atoms with van der Waals surface area (Å²) in [6.45, 7) is 1.83. The summed E-state index contributed by atoms with van der Waals surface area (Å²) < 4.78 is 55.2. The molecule has 9 heteroatoms. The SMILES string of the molecule is CCN(c1ccccc1)S(=O)(=O)c1ccc(Cl)c(C(=O)Nc2c(F)cccc2F)c1. The third kappa shape index (κ3) is 4.29. The van der Waals surface area contributed by atoms with E-state index in [1.807, 2.05) is 0 Å². The van der Waals surface area contributed by atoms with Gasteiger partial charge in [0, 0.05) is 6.54 Å². The summed E-state index contributed by atoms with van der Waals surface area (Å²) >= 11 is 6.06. The van der Waals surface area contributed by atoms with Crippen LogP contribution in [0.2, 0.25) is 5.02 Å². The molecule has 0 saturated heterocycles. The zero-order chi connectivity index (χ0) is 21.9. The van der Waals surface area contributed by atoms with Crippen LogP contribution in [0.15, 0.2) is 71.6 Å². The average molecular weight is 451 g/mol. The van der Waals surface area contributed by atoms with Crippen molar-refractivity contribution in [3.63, 3.8) is 0 Å². The number of anilines is 2. The Bertz CT molecular complexity index is 1170. The zero-order valence-electron chi connectivity index (χ0n) is 15.8. The lowest BCUT2D eigenvalue weighted by Crippen LogP contribution is -2.31. The Kier molecular flexibility index (Phi) is 6.38. The first-order valence-electron chi connectivity index (χ1n) is 8.88. The number of hydrogen-bond donors (Lipinski definition) is 1. The van der Waals surface area contributed by atoms with Crippen LogP contribution >= 0.6 is 11.6 Å². The second kappa shape index (κ2) is 8.81. The van der Waals surface area contributed by atoms with E-state index in [-0.39, 0.29) is 22.0 Å². The number of sulfonamides is 1. The quantitative estimate of drug-likeness (QED) is 0.569. The molecule has 0 aliphatic carbocycles. The zero-order valence-corrected chi connectivity index (χ0v) is 17.3. The molecule has 30 heavy (non-hydrogen) atoms. The minimum atomic E-state index is -4.02. The minimum absolute atomic E-state index is 0.0639. The van der Waals surface area contributed by atoms with Gasteiger partial charge in [0.1, 0.15) is 17.3 Å². The summed E-state index contributed by atoms with van der Waals surface area (Å²) in [6, 6.07) is 15.2. The van der Waals surface area contributed by atoms with E-state index < -0.39 is 33.3 Å². The van der Waals surface area contributed by atoms with Crippen molar-refractivity contribution in [2.45, 2.75) is 11.8 Å². The Balaban J connectivity index is 1.99. The van der Waals surface area contributed by atoms with E-state index in [0.717, 1.165) is 24.3 Å². The lowest BCUT2D eigenvalue weighted by Gasteiger charge is -2.23. The Morgan fingerprint density at radius 1 is 1.00 bits per heavy atom. The second-order valence-corrected chi connectivity index (χ2v) is 8.47. The largest absolute Gasteiger partial charge is 0.317 e. The number of carbonyl (C=O) groups excluding carboxylic acids is 1. The van der Waals surface area contributed by atoms with Gasteiger partial charge in [0.25, 0.3) is 15.9 Å². The maximum atomic E-state index is 13.8. The molecule has 0 heterocycles. The van der Waals surface area contributed by atoms with Gasteiger partial charge in [0.05, 0.1) is 21.2 Å². The number of benzene rings is 3. The predicted octanol–water partition coefficient (Wildman–Crippen LogP) is 5.09. The molecular weight excluding hydrogens is 434 g/mol. The van der Waals surface area contributed by atoms with Gasteiger partial charge < -0.3 is 5.32 Å². The highest BCUT2D eigenvalue weighted by Crippen LogP contribution is 2.28. The normalized spacial score (nSPS) is 11.2. The smallest absolute Gasteiger partial charge is 0.264 e. The first kappa shape index (κ1) is 21.7. The van der Waals surface area contributed by atoms with Crippen LogP contribution in [0.3, 0.4) is 0 Å². The molecule has 0 aliphatic heterocycles. The van der Waals surface area contributed by atoms with E-state index in [1.54, 1.807) is 37.3 Å². The van der Waals surface area contributed by atoms with Gasteiger partial charge in [-0.05, 0) is 49.4 Å². The molecule has 0 aliphatic rings. The van der Waals surface area contributed by atoms with Gasteiger partial charge in [-0.1, -0.05) is 35.9 Å². The first-order chi connectivity index (χ1) is 14.3. The third-order valence-corrected chi connectivity index (χ3v) is 6.53. The molecule has 0 fully saturated rings. The summed E-state index contributed by atoms with van der Waals surface area (Å²) in [7, 11) is -4.02. The number of carbonyl (C=O) groups is 1. The molecule has 0 unspecified atom stereocenters. The van der Waals surface area contributed by atoms with Crippen LogP contribution in [0.1, 0.15) is 17.3 Å². The fourth-order valence-corrected chi connectivity index (χ4v) is 4.55. The number of hydrogen-bond acceptors (Lipinski definition) is 3. The molecule has 5 nitrogen and oxygen atoms in total. The van der Waals surface area contributed by atoms with Crippen LogP contribution in [0.5, 0.6) is 0 Å². The van der Waals surface area contributed by atoms with E-state index in [1.165, 1.54) is 16.4 Å². The van der Waals surface area contributed by atoms with Gasteiger partial charge in [-0.15, -0.1) is 0 Å². The van der Waals surface area contributed by atoms with Crippen molar-refractivity contribution in [3.8, 4) is 0 Å². The van der Waals surface area contributed by atoms with E-state index in [2.05, 4.69) is 5.32 Å². The van der Waals surface area contributed by atoms with Crippen molar-refractivity contribution < 1.29 is 22.0 Å². The van der Waals surface area contributed by atoms with Crippen LogP contribution < -0.4 is 9.62 Å². The van der Waals surface area contributed by atoms with Crippen LogP contribution in [-0.4, -0.2) is 20.9 Å². The molecular formula is C21H17ClF2N2O3S. The first-order valence-corrected chi connectivity index (χ1v) is 10.7. The van der Waals surface area contributed by atoms with Crippen molar-refractivity contribution in [2.75, 3.05) is 16.2 Å². The molecule has 3 rings (SSSR count). The van der Waals surface area contributed by atoms with Gasteiger partial charge >= 0.3 is 0 Å². The monoisotopic (exact) mass is 450 g/mol. The van der Waals surface area contributed by atoms with Crippen molar-refractivity contribution in [2.24, 2.45) is 0 Å². The molecule has 0 spiro atoms. The van der Waals surface area contributed by atoms with Gasteiger partial charge in [-0.25, -0.2) is 17.2 Å². The van der Waals surface area contributed by atoms with Crippen LogP contribution in [0, 0.1) is 11.6 Å². The lowest BCUT2D eigenvalue weighted by molar-refractivity contribution is 0.102. The minimum Gasteiger partial charge on any atom is -0.317 e. The molecule has 0 aromatic heterocycles. The maximum Gasteiger partial charge on any atom is 0.264 e. The summed E-state index contributed by atoms with van der Waals surface area (Å²) in [4.78, 5) is 12.4. The second-order valence-electron chi connectivity index (χ2n) is 6.20. The van der Waals surface area contributed by atoms with E-state index in [4.69, 9.17) is 11.6 Å². The number of halogens is 3. The van der Waals surface area contributed by atoms with E-state index >= 15 is 0 Å². The highest BCUT2D eigenvalue weighted by Gasteiger charge is 2.26. The molecule has 156 valence electrons. The lowest BCUT2D eigenvalue weighted by atomic mass is 10.2. The molecule has 1 N–H and O–H groups in total. The van der Waals surface area contributed by atoms with Crippen LogP contribution in [-0.2, 0) is 10.0 Å². The van der Waals surface area contributed by atoms with E-state index in [9.17, 15) is 22.0 Å². The molecule has 0 bridgehead atoms. The van der Waals surface area contributed by atoms with Crippen molar-refractivity contribution >= 4 is 38.9 Å². The van der Waals surface area contributed by atoms with Crippen LogP contribution in [0.25, 0.3) is 0 Å². The Hall–Kier alpha value is -2.97. The number of nitrogens with one attached hydrogen (secondary N) is 1. The summed E-state index contributed by atoms with van der Waals surface area (Å²) in [5.74, 6) is -2.88. The van der Waals surface area contributed by atoms with Crippen molar-refractivity contribution in [3.05, 3.63) is 89.0 Å². The highest BCUT2D eigenvalue weighted by atomic mass is 35.5. The standard InChI is InChI=1S/C21H17ClF2N2O3S/c1-2-26(14-7-4-3-5-8-14)30(28,29)15-11-12-17(22)16(13-15)21(27)25-20-18(23)9-6-10-19(20)24/h3-13H,2H2,1H3,(H,25,27). The third-order valence-electron chi connectivity index (χ3n) is 4.30. The Labute approximate surface area is 178 Å². The topological polar surface area (TPSA) is 66.5 Å². The summed E-state index contributed by atoms with van der Waals surface area (Å²) in [6.07, 6.45) is 0. The predicted molar refractivity (Wildman–Crippen MR) is 112 cm³/mol. The van der Waals surface area contributed by atoms with Gasteiger partial charge in [-0.3, -0.25) is 9.10 Å². The van der Waals surface area contributed by atoms with E-state index in [0.29, 0.717) is 5.69 Å². The molecule has 0 atom stereocenters. The van der Waals surface area contributed by atoms with Gasteiger partial charge in [-0.2, -0.15) is 0 Å². The fourth-order valence-electron chi connectivity index (χ4n) is 2.85. The number of amides is 1. The van der Waals surface area contributed by atoms with Gasteiger partial charge in [0.2, 0.25) is 0 Å².